The maximum absolute atomic E-state index is 5.23. The van der Waals surface area contributed by atoms with Crippen molar-refractivity contribution in [2.24, 2.45) is 0 Å². The van der Waals surface area contributed by atoms with Crippen molar-refractivity contribution in [3.05, 3.63) is 152 Å². The third-order valence-electron chi connectivity index (χ3n) is 8.66. The van der Waals surface area contributed by atoms with E-state index < -0.39 is 0 Å². The van der Waals surface area contributed by atoms with Gasteiger partial charge in [-0.1, -0.05) is 140 Å². The lowest BCUT2D eigenvalue weighted by atomic mass is 9.86. The Morgan fingerprint density at radius 2 is 0.837 bits per heavy atom. The number of para-hydroxylation sites is 1. The van der Waals surface area contributed by atoms with Crippen LogP contribution in [0.4, 0.5) is 0 Å². The van der Waals surface area contributed by atoms with E-state index in [1.807, 2.05) is 11.3 Å². The molecule has 0 atom stereocenters. The maximum Gasteiger partial charge on any atom is 0.0888 e. The average molecular weight is 564 g/mol. The highest BCUT2D eigenvalue weighted by atomic mass is 32.1. The molecule has 0 aliphatic rings. The standard InChI is InChI=1S/C41H25NS/c1-2-12-26(13-3-1)37-29-14-4-6-16-31(29)38(32-17-7-5-15-30(32)37)27-22-24-28(25-23-27)40-41-39(33-18-8-10-20-35(33)42-40)34-19-9-11-21-36(34)43-41/h1-25H. The number of pyridine rings is 1. The molecule has 2 heterocycles. The molecule has 0 spiro atoms. The Hall–Kier alpha value is -5.31. The van der Waals surface area contributed by atoms with Gasteiger partial charge in [0.05, 0.1) is 15.9 Å². The number of benzene rings is 7. The van der Waals surface area contributed by atoms with Crippen molar-refractivity contribution in [2.75, 3.05) is 0 Å². The van der Waals surface area contributed by atoms with Crippen molar-refractivity contribution in [3.63, 3.8) is 0 Å². The molecular weight excluding hydrogens is 539 g/mol. The van der Waals surface area contributed by atoms with E-state index in [0.29, 0.717) is 0 Å². The smallest absolute Gasteiger partial charge is 0.0888 e. The van der Waals surface area contributed by atoms with E-state index in [-0.39, 0.29) is 0 Å². The molecule has 0 fully saturated rings. The molecule has 2 heteroatoms. The molecule has 9 rings (SSSR count). The lowest BCUT2D eigenvalue weighted by Crippen LogP contribution is -1.91. The van der Waals surface area contributed by atoms with E-state index in [1.54, 1.807) is 0 Å². The second-order valence-electron chi connectivity index (χ2n) is 11.1. The summed E-state index contributed by atoms with van der Waals surface area (Å²) in [5.74, 6) is 0. The van der Waals surface area contributed by atoms with Crippen LogP contribution in [0.1, 0.15) is 0 Å². The lowest BCUT2D eigenvalue weighted by molar-refractivity contribution is 1.44. The molecule has 0 N–H and O–H groups in total. The van der Waals surface area contributed by atoms with E-state index in [9.17, 15) is 0 Å². The zero-order valence-electron chi connectivity index (χ0n) is 23.3. The van der Waals surface area contributed by atoms with Crippen molar-refractivity contribution >= 4 is 64.0 Å². The summed E-state index contributed by atoms with van der Waals surface area (Å²) < 4.78 is 2.54. The molecule has 0 radical (unpaired) electrons. The molecule has 1 nitrogen and oxygen atoms in total. The van der Waals surface area contributed by atoms with Crippen molar-refractivity contribution < 1.29 is 0 Å². The van der Waals surface area contributed by atoms with Gasteiger partial charge >= 0.3 is 0 Å². The largest absolute Gasteiger partial charge is 0.246 e. The van der Waals surface area contributed by atoms with E-state index in [0.717, 1.165) is 16.8 Å². The minimum absolute atomic E-state index is 1.03. The summed E-state index contributed by atoms with van der Waals surface area (Å²) >= 11 is 1.84. The molecule has 0 unspecified atom stereocenters. The van der Waals surface area contributed by atoms with Crippen molar-refractivity contribution in [3.8, 4) is 33.5 Å². The Morgan fingerprint density at radius 1 is 0.372 bits per heavy atom. The number of fused-ring (bicyclic) bond motifs is 7. The van der Waals surface area contributed by atoms with Crippen LogP contribution in [-0.2, 0) is 0 Å². The Balaban J connectivity index is 1.28. The summed E-state index contributed by atoms with van der Waals surface area (Å²) in [5.41, 5.74) is 8.24. The van der Waals surface area contributed by atoms with Gasteiger partial charge in [0.2, 0.25) is 0 Å². The van der Waals surface area contributed by atoms with Gasteiger partial charge in [-0.2, -0.15) is 0 Å². The summed E-state index contributed by atoms with van der Waals surface area (Å²) in [7, 11) is 0. The SMILES string of the molecule is c1ccc(-c2c3ccccc3c(-c3ccc(-c4nc5ccccc5c5c4sc4ccccc45)cc3)c3ccccc23)cc1. The summed E-state index contributed by atoms with van der Waals surface area (Å²) in [6, 6.07) is 54.7. The first-order valence-electron chi connectivity index (χ1n) is 14.6. The summed E-state index contributed by atoms with van der Waals surface area (Å²) in [6.45, 7) is 0. The van der Waals surface area contributed by atoms with Crippen LogP contribution in [0.2, 0.25) is 0 Å². The highest BCUT2D eigenvalue weighted by Crippen LogP contribution is 2.45. The predicted molar refractivity (Wildman–Crippen MR) is 186 cm³/mol. The van der Waals surface area contributed by atoms with Gasteiger partial charge in [0.1, 0.15) is 0 Å². The number of nitrogens with zero attached hydrogens (tertiary/aromatic N) is 1. The van der Waals surface area contributed by atoms with Crippen LogP contribution >= 0.6 is 11.3 Å². The van der Waals surface area contributed by atoms with Gasteiger partial charge in [-0.25, -0.2) is 4.98 Å². The van der Waals surface area contributed by atoms with Crippen LogP contribution in [0.5, 0.6) is 0 Å². The van der Waals surface area contributed by atoms with Crippen LogP contribution in [0.15, 0.2) is 152 Å². The second-order valence-corrected chi connectivity index (χ2v) is 12.1. The number of aromatic nitrogens is 1. The van der Waals surface area contributed by atoms with E-state index in [2.05, 4.69) is 152 Å². The van der Waals surface area contributed by atoms with Gasteiger partial charge in [0.15, 0.2) is 0 Å². The van der Waals surface area contributed by atoms with Crippen molar-refractivity contribution in [2.45, 2.75) is 0 Å². The Kier molecular flexibility index (Phi) is 5.44. The lowest BCUT2D eigenvalue weighted by Gasteiger charge is -2.18. The highest BCUT2D eigenvalue weighted by molar-refractivity contribution is 7.26. The fourth-order valence-corrected chi connectivity index (χ4v) is 8.01. The zero-order chi connectivity index (χ0) is 28.3. The molecule has 0 saturated heterocycles. The Labute approximate surface area is 253 Å². The van der Waals surface area contributed by atoms with Gasteiger partial charge in [-0.15, -0.1) is 11.3 Å². The number of thiophene rings is 1. The topological polar surface area (TPSA) is 12.9 Å². The molecule has 2 aromatic heterocycles. The van der Waals surface area contributed by atoms with E-state index in [4.69, 9.17) is 4.98 Å². The van der Waals surface area contributed by atoms with Crippen LogP contribution < -0.4 is 0 Å². The Morgan fingerprint density at radius 3 is 1.47 bits per heavy atom. The predicted octanol–water partition coefficient (Wildman–Crippen LogP) is 11.9. The molecule has 0 bridgehead atoms. The minimum Gasteiger partial charge on any atom is -0.246 e. The second kappa shape index (κ2) is 9.62. The van der Waals surface area contributed by atoms with E-state index >= 15 is 0 Å². The Bertz CT molecular complexity index is 2430. The van der Waals surface area contributed by atoms with Gasteiger partial charge in [-0.05, 0) is 55.9 Å². The van der Waals surface area contributed by atoms with Gasteiger partial charge in [0.25, 0.3) is 0 Å². The molecule has 0 aliphatic heterocycles. The van der Waals surface area contributed by atoms with Gasteiger partial charge in [-0.3, -0.25) is 0 Å². The first kappa shape index (κ1) is 24.3. The monoisotopic (exact) mass is 563 g/mol. The fraction of sp³-hybridized carbons (Fsp3) is 0. The molecular formula is C41H25NS. The quantitative estimate of drug-likeness (QED) is 0.195. The molecule has 0 saturated carbocycles. The molecule has 0 aliphatic carbocycles. The summed E-state index contributed by atoms with van der Waals surface area (Å²) in [5, 5.41) is 8.90. The first-order valence-corrected chi connectivity index (χ1v) is 15.5. The third-order valence-corrected chi connectivity index (χ3v) is 9.83. The number of hydrogen-bond acceptors (Lipinski definition) is 2. The van der Waals surface area contributed by atoms with Crippen LogP contribution in [0, 0.1) is 0 Å². The van der Waals surface area contributed by atoms with Gasteiger partial charge in [0, 0.05) is 26.4 Å². The van der Waals surface area contributed by atoms with Crippen molar-refractivity contribution in [1.29, 1.82) is 0 Å². The number of rotatable bonds is 3. The zero-order valence-corrected chi connectivity index (χ0v) is 24.1. The van der Waals surface area contributed by atoms with Crippen molar-refractivity contribution in [1.82, 2.24) is 4.98 Å². The number of hydrogen-bond donors (Lipinski definition) is 0. The van der Waals surface area contributed by atoms with E-state index in [1.165, 1.54) is 69.4 Å². The molecule has 0 amide bonds. The maximum atomic E-state index is 5.23. The summed E-state index contributed by atoms with van der Waals surface area (Å²) in [6.07, 6.45) is 0. The van der Waals surface area contributed by atoms with Crippen LogP contribution in [0.25, 0.3) is 86.1 Å². The third kappa shape index (κ3) is 3.74. The van der Waals surface area contributed by atoms with Gasteiger partial charge < -0.3 is 0 Å². The average Bonchev–Trinajstić information content (AvgIpc) is 3.47. The molecule has 43 heavy (non-hydrogen) atoms. The fourth-order valence-electron chi connectivity index (χ4n) is 6.78. The van der Waals surface area contributed by atoms with Crippen LogP contribution in [-0.4, -0.2) is 4.98 Å². The highest BCUT2D eigenvalue weighted by Gasteiger charge is 2.18. The van der Waals surface area contributed by atoms with Crippen LogP contribution in [0.3, 0.4) is 0 Å². The first-order chi connectivity index (χ1) is 21.3. The summed E-state index contributed by atoms with van der Waals surface area (Å²) in [4.78, 5) is 5.23. The normalized spacial score (nSPS) is 11.7. The molecule has 9 aromatic rings. The molecule has 200 valence electrons. The minimum atomic E-state index is 1.03. The molecule has 7 aromatic carbocycles.